The van der Waals surface area contributed by atoms with Gasteiger partial charge in [-0.2, -0.15) is 0 Å². The molecule has 0 radical (unpaired) electrons. The lowest BCUT2D eigenvalue weighted by Crippen LogP contribution is -2.32. The van der Waals surface area contributed by atoms with E-state index in [4.69, 9.17) is 9.47 Å². The second kappa shape index (κ2) is 8.36. The van der Waals surface area contributed by atoms with Crippen LogP contribution in [0.15, 0.2) is 78.5 Å². The van der Waals surface area contributed by atoms with Crippen LogP contribution in [0.5, 0.6) is 11.5 Å². The molecule has 3 aromatic carbocycles. The second-order valence-corrected chi connectivity index (χ2v) is 7.09. The summed E-state index contributed by atoms with van der Waals surface area (Å²) >= 11 is 0. The highest BCUT2D eigenvalue weighted by molar-refractivity contribution is 6.46. The monoisotopic (exact) mass is 414 g/mol. The number of nitrogens with one attached hydrogen (secondary N) is 1. The maximum absolute atomic E-state index is 13.5. The Bertz CT molecular complexity index is 1200. The SMILES string of the molecule is COc1cccc(NC2=C(c3ccccc3OC)C(=O)N(c3cccc(C)c3)C2=O)c1. The summed E-state index contributed by atoms with van der Waals surface area (Å²) in [6.07, 6.45) is 0. The highest BCUT2D eigenvalue weighted by atomic mass is 16.5. The van der Waals surface area contributed by atoms with E-state index in [9.17, 15) is 9.59 Å². The van der Waals surface area contributed by atoms with E-state index in [-0.39, 0.29) is 11.3 Å². The van der Waals surface area contributed by atoms with Crippen molar-refractivity contribution in [2.45, 2.75) is 6.92 Å². The third kappa shape index (κ3) is 3.75. The Kier molecular flexibility index (Phi) is 5.45. The zero-order chi connectivity index (χ0) is 22.0. The number of aryl methyl sites for hydroxylation is 1. The van der Waals surface area contributed by atoms with E-state index in [1.807, 2.05) is 43.3 Å². The van der Waals surface area contributed by atoms with Crippen LogP contribution in [0.4, 0.5) is 11.4 Å². The maximum Gasteiger partial charge on any atom is 0.282 e. The van der Waals surface area contributed by atoms with Gasteiger partial charge in [0.15, 0.2) is 0 Å². The Morgan fingerprint density at radius 2 is 1.58 bits per heavy atom. The van der Waals surface area contributed by atoms with Crippen LogP contribution < -0.4 is 19.7 Å². The number of rotatable bonds is 6. The van der Waals surface area contributed by atoms with Gasteiger partial charge < -0.3 is 14.8 Å². The molecule has 0 bridgehead atoms. The number of hydrogen-bond acceptors (Lipinski definition) is 5. The van der Waals surface area contributed by atoms with Crippen LogP contribution >= 0.6 is 0 Å². The number of amides is 2. The van der Waals surface area contributed by atoms with E-state index in [1.165, 1.54) is 12.0 Å². The molecule has 0 aliphatic carbocycles. The lowest BCUT2D eigenvalue weighted by Gasteiger charge is -2.16. The number of methoxy groups -OCH3 is 2. The van der Waals surface area contributed by atoms with Crippen LogP contribution in [0.3, 0.4) is 0 Å². The molecule has 6 heteroatoms. The van der Waals surface area contributed by atoms with Gasteiger partial charge in [0.05, 0.1) is 25.5 Å². The van der Waals surface area contributed by atoms with E-state index in [0.717, 1.165) is 5.56 Å². The highest BCUT2D eigenvalue weighted by Gasteiger charge is 2.41. The molecule has 0 unspecified atom stereocenters. The van der Waals surface area contributed by atoms with E-state index in [1.54, 1.807) is 43.5 Å². The van der Waals surface area contributed by atoms with Crippen molar-refractivity contribution in [3.63, 3.8) is 0 Å². The molecule has 6 nitrogen and oxygen atoms in total. The number of hydrogen-bond donors (Lipinski definition) is 1. The lowest BCUT2D eigenvalue weighted by molar-refractivity contribution is -0.120. The molecule has 2 amide bonds. The summed E-state index contributed by atoms with van der Waals surface area (Å²) in [6, 6.07) is 21.6. The first kappa shape index (κ1) is 20.2. The molecule has 1 N–H and O–H groups in total. The van der Waals surface area contributed by atoms with Crippen molar-refractivity contribution in [1.82, 2.24) is 0 Å². The zero-order valence-corrected chi connectivity index (χ0v) is 17.5. The Labute approximate surface area is 180 Å². The molecule has 156 valence electrons. The van der Waals surface area contributed by atoms with Gasteiger partial charge in [0.2, 0.25) is 0 Å². The smallest absolute Gasteiger partial charge is 0.282 e. The molecule has 0 spiro atoms. The van der Waals surface area contributed by atoms with Crippen LogP contribution in [0.25, 0.3) is 5.57 Å². The molecule has 0 saturated carbocycles. The fraction of sp³-hybridized carbons (Fsp3) is 0.120. The van der Waals surface area contributed by atoms with Crippen molar-refractivity contribution in [3.05, 3.63) is 89.6 Å². The molecule has 0 aromatic heterocycles. The minimum Gasteiger partial charge on any atom is -0.497 e. The number of para-hydroxylation sites is 1. The van der Waals surface area contributed by atoms with Crippen molar-refractivity contribution in [3.8, 4) is 11.5 Å². The number of ether oxygens (including phenoxy) is 2. The average molecular weight is 414 g/mol. The lowest BCUT2D eigenvalue weighted by atomic mass is 10.0. The molecule has 1 aliphatic heterocycles. The standard InChI is InChI=1S/C25H22N2O4/c1-16-8-6-10-18(14-16)27-24(28)22(20-12-4-5-13-21(20)31-3)23(25(27)29)26-17-9-7-11-19(15-17)30-2/h4-15,26H,1-3H3. The van der Waals surface area contributed by atoms with Crippen molar-refractivity contribution in [1.29, 1.82) is 0 Å². The van der Waals surface area contributed by atoms with E-state index < -0.39 is 11.8 Å². The van der Waals surface area contributed by atoms with Crippen LogP contribution in [0, 0.1) is 6.92 Å². The third-order valence-electron chi connectivity index (χ3n) is 5.06. The molecular formula is C25H22N2O4. The van der Waals surface area contributed by atoms with Gasteiger partial charge in [0.1, 0.15) is 17.2 Å². The summed E-state index contributed by atoms with van der Waals surface area (Å²) in [7, 11) is 3.11. The van der Waals surface area contributed by atoms with Gasteiger partial charge in [-0.15, -0.1) is 0 Å². The highest BCUT2D eigenvalue weighted by Crippen LogP contribution is 2.37. The average Bonchev–Trinajstić information content (AvgIpc) is 3.03. The van der Waals surface area contributed by atoms with Crippen molar-refractivity contribution in [2.24, 2.45) is 0 Å². The number of imide groups is 1. The number of benzene rings is 3. The number of nitrogens with zero attached hydrogens (tertiary/aromatic N) is 1. The summed E-state index contributed by atoms with van der Waals surface area (Å²) in [6.45, 7) is 1.92. The first-order valence-electron chi connectivity index (χ1n) is 9.77. The Balaban J connectivity index is 1.86. The summed E-state index contributed by atoms with van der Waals surface area (Å²) in [4.78, 5) is 28.2. The molecule has 0 saturated heterocycles. The summed E-state index contributed by atoms with van der Waals surface area (Å²) in [5, 5.41) is 3.14. The van der Waals surface area contributed by atoms with Gasteiger partial charge >= 0.3 is 0 Å². The largest absolute Gasteiger partial charge is 0.497 e. The van der Waals surface area contributed by atoms with Gasteiger partial charge in [-0.3, -0.25) is 9.59 Å². The number of anilines is 2. The Hall–Kier alpha value is -4.06. The molecule has 4 rings (SSSR count). The van der Waals surface area contributed by atoms with Gasteiger partial charge in [0, 0.05) is 17.3 Å². The fourth-order valence-corrected chi connectivity index (χ4v) is 3.59. The summed E-state index contributed by atoms with van der Waals surface area (Å²) in [5.41, 5.74) is 3.09. The fourth-order valence-electron chi connectivity index (χ4n) is 3.59. The summed E-state index contributed by atoms with van der Waals surface area (Å²) in [5.74, 6) is 0.302. The maximum atomic E-state index is 13.5. The Morgan fingerprint density at radius 1 is 0.806 bits per heavy atom. The third-order valence-corrected chi connectivity index (χ3v) is 5.06. The van der Waals surface area contributed by atoms with Crippen LogP contribution in [-0.2, 0) is 9.59 Å². The summed E-state index contributed by atoms with van der Waals surface area (Å²) < 4.78 is 10.8. The Morgan fingerprint density at radius 3 is 2.32 bits per heavy atom. The minimum absolute atomic E-state index is 0.184. The van der Waals surface area contributed by atoms with E-state index in [2.05, 4.69) is 5.32 Å². The van der Waals surface area contributed by atoms with Crippen LogP contribution in [0.2, 0.25) is 0 Å². The molecule has 3 aromatic rings. The zero-order valence-electron chi connectivity index (χ0n) is 17.5. The predicted octanol–water partition coefficient (Wildman–Crippen LogP) is 4.41. The van der Waals surface area contributed by atoms with E-state index >= 15 is 0 Å². The van der Waals surface area contributed by atoms with Crippen LogP contribution in [0.1, 0.15) is 11.1 Å². The normalized spacial score (nSPS) is 13.6. The van der Waals surface area contributed by atoms with Crippen LogP contribution in [-0.4, -0.2) is 26.0 Å². The van der Waals surface area contributed by atoms with Gasteiger partial charge in [-0.1, -0.05) is 36.4 Å². The van der Waals surface area contributed by atoms with Gasteiger partial charge in [0.25, 0.3) is 11.8 Å². The topological polar surface area (TPSA) is 67.9 Å². The van der Waals surface area contributed by atoms with Gasteiger partial charge in [-0.05, 0) is 42.8 Å². The number of carbonyl (C=O) groups is 2. The molecule has 1 heterocycles. The molecular weight excluding hydrogens is 392 g/mol. The quantitative estimate of drug-likeness (QED) is 0.605. The second-order valence-electron chi connectivity index (χ2n) is 7.09. The molecule has 31 heavy (non-hydrogen) atoms. The van der Waals surface area contributed by atoms with Crippen molar-refractivity contribution in [2.75, 3.05) is 24.4 Å². The van der Waals surface area contributed by atoms with Gasteiger partial charge in [-0.25, -0.2) is 4.90 Å². The number of carbonyl (C=O) groups excluding carboxylic acids is 2. The first-order valence-corrected chi connectivity index (χ1v) is 9.77. The van der Waals surface area contributed by atoms with E-state index in [0.29, 0.717) is 28.4 Å². The predicted molar refractivity (Wildman–Crippen MR) is 120 cm³/mol. The molecule has 0 atom stereocenters. The first-order chi connectivity index (χ1) is 15.0. The van der Waals surface area contributed by atoms with Crippen molar-refractivity contribution >= 4 is 28.8 Å². The molecule has 1 aliphatic rings. The van der Waals surface area contributed by atoms with Crippen molar-refractivity contribution < 1.29 is 19.1 Å². The molecule has 0 fully saturated rings. The minimum atomic E-state index is -0.431.